The van der Waals surface area contributed by atoms with E-state index in [1.807, 2.05) is 16.9 Å². The first kappa shape index (κ1) is 12.4. The molecule has 3 nitrogen and oxygen atoms in total. The average molecular weight is 255 g/mol. The second-order valence-electron chi connectivity index (χ2n) is 5.44. The fourth-order valence-corrected chi connectivity index (χ4v) is 2.30. The van der Waals surface area contributed by atoms with E-state index in [1.165, 1.54) is 30.4 Å². The van der Waals surface area contributed by atoms with Crippen molar-refractivity contribution in [1.82, 2.24) is 15.1 Å². The highest BCUT2D eigenvalue weighted by molar-refractivity contribution is 5.15. The van der Waals surface area contributed by atoms with Crippen LogP contribution in [0.2, 0.25) is 0 Å². The van der Waals surface area contributed by atoms with Gasteiger partial charge in [0.1, 0.15) is 0 Å². The van der Waals surface area contributed by atoms with E-state index in [0.29, 0.717) is 0 Å². The maximum Gasteiger partial charge on any atom is 0.0659 e. The summed E-state index contributed by atoms with van der Waals surface area (Å²) in [6.07, 6.45) is 8.32. The molecule has 1 aromatic carbocycles. The van der Waals surface area contributed by atoms with Gasteiger partial charge in [0.05, 0.1) is 12.7 Å². The summed E-state index contributed by atoms with van der Waals surface area (Å²) in [5, 5.41) is 7.91. The van der Waals surface area contributed by atoms with E-state index in [4.69, 9.17) is 0 Å². The van der Waals surface area contributed by atoms with Crippen molar-refractivity contribution in [3.8, 4) is 0 Å². The van der Waals surface area contributed by atoms with Gasteiger partial charge in [-0.25, -0.2) is 0 Å². The Morgan fingerprint density at radius 3 is 2.79 bits per heavy atom. The predicted octanol–water partition coefficient (Wildman–Crippen LogP) is 2.82. The summed E-state index contributed by atoms with van der Waals surface area (Å²) in [5.74, 6) is 1.01. The summed E-state index contributed by atoms with van der Waals surface area (Å²) in [5.41, 5.74) is 2.56. The Morgan fingerprint density at radius 1 is 1.16 bits per heavy atom. The van der Waals surface area contributed by atoms with Crippen molar-refractivity contribution in [1.29, 1.82) is 0 Å². The minimum atomic E-state index is 0.850. The number of hydrogen-bond acceptors (Lipinski definition) is 2. The lowest BCUT2D eigenvalue weighted by atomic mass is 10.2. The molecule has 0 aliphatic heterocycles. The molecule has 0 amide bonds. The topological polar surface area (TPSA) is 29.9 Å². The molecule has 1 aliphatic rings. The molecule has 0 bridgehead atoms. The van der Waals surface area contributed by atoms with Gasteiger partial charge in [-0.2, -0.15) is 5.10 Å². The summed E-state index contributed by atoms with van der Waals surface area (Å²) in [4.78, 5) is 0. The lowest BCUT2D eigenvalue weighted by Gasteiger charge is -2.02. The minimum Gasteiger partial charge on any atom is -0.313 e. The number of nitrogens with zero attached hydrogens (tertiary/aromatic N) is 2. The van der Waals surface area contributed by atoms with Crippen molar-refractivity contribution < 1.29 is 0 Å². The summed E-state index contributed by atoms with van der Waals surface area (Å²) in [6, 6.07) is 10.4. The van der Waals surface area contributed by atoms with Crippen molar-refractivity contribution in [2.75, 3.05) is 6.54 Å². The number of nitrogens with one attached hydrogen (secondary N) is 1. The molecular weight excluding hydrogens is 234 g/mol. The van der Waals surface area contributed by atoms with Crippen molar-refractivity contribution >= 4 is 0 Å². The zero-order valence-corrected chi connectivity index (χ0v) is 11.3. The molecule has 0 spiro atoms. The van der Waals surface area contributed by atoms with Crippen LogP contribution in [0.5, 0.6) is 0 Å². The third-order valence-corrected chi connectivity index (χ3v) is 3.63. The standard InChI is InChI=1S/C16H21N3/c1-2-4-15(5-3-1)12-19-13-16(11-18-19)10-17-9-8-14-6-7-14/h1-5,11,13-14,17H,6-10,12H2. The molecule has 1 N–H and O–H groups in total. The highest BCUT2D eigenvalue weighted by Crippen LogP contribution is 2.31. The molecule has 3 rings (SSSR count). The molecule has 100 valence electrons. The molecule has 0 atom stereocenters. The first-order valence-electron chi connectivity index (χ1n) is 7.16. The third-order valence-electron chi connectivity index (χ3n) is 3.63. The Labute approximate surface area is 114 Å². The predicted molar refractivity (Wildman–Crippen MR) is 76.8 cm³/mol. The molecule has 0 saturated heterocycles. The Bertz CT molecular complexity index is 500. The van der Waals surface area contributed by atoms with Gasteiger partial charge in [-0.15, -0.1) is 0 Å². The monoisotopic (exact) mass is 255 g/mol. The smallest absolute Gasteiger partial charge is 0.0659 e. The van der Waals surface area contributed by atoms with Crippen LogP contribution < -0.4 is 5.32 Å². The van der Waals surface area contributed by atoms with Crippen LogP contribution in [-0.2, 0) is 13.1 Å². The highest BCUT2D eigenvalue weighted by atomic mass is 15.3. The van der Waals surface area contributed by atoms with E-state index in [-0.39, 0.29) is 0 Å². The van der Waals surface area contributed by atoms with Crippen LogP contribution in [0, 0.1) is 5.92 Å². The van der Waals surface area contributed by atoms with Crippen molar-refractivity contribution in [3.63, 3.8) is 0 Å². The quantitative estimate of drug-likeness (QED) is 0.771. The van der Waals surface area contributed by atoms with Crippen molar-refractivity contribution in [2.45, 2.75) is 32.4 Å². The van der Waals surface area contributed by atoms with Crippen LogP contribution >= 0.6 is 0 Å². The van der Waals surface area contributed by atoms with Crippen LogP contribution in [0.1, 0.15) is 30.4 Å². The van der Waals surface area contributed by atoms with Gasteiger partial charge in [0.2, 0.25) is 0 Å². The molecule has 3 heteroatoms. The third kappa shape index (κ3) is 3.93. The second-order valence-corrected chi connectivity index (χ2v) is 5.44. The highest BCUT2D eigenvalue weighted by Gasteiger charge is 2.19. The summed E-state index contributed by atoms with van der Waals surface area (Å²) < 4.78 is 2.01. The van der Waals surface area contributed by atoms with Gasteiger partial charge in [-0.05, 0) is 24.4 Å². The van der Waals surface area contributed by atoms with Gasteiger partial charge < -0.3 is 5.32 Å². The average Bonchev–Trinajstić information content (AvgIpc) is 3.16. The van der Waals surface area contributed by atoms with Crippen molar-refractivity contribution in [3.05, 3.63) is 53.9 Å². The number of hydrogen-bond donors (Lipinski definition) is 1. The van der Waals surface area contributed by atoms with E-state index >= 15 is 0 Å². The summed E-state index contributed by atoms with van der Waals surface area (Å²) in [6.45, 7) is 2.92. The first-order chi connectivity index (χ1) is 9.40. The number of aromatic nitrogens is 2. The molecule has 1 aliphatic carbocycles. The van der Waals surface area contributed by atoms with E-state index in [2.05, 4.69) is 40.9 Å². The fraction of sp³-hybridized carbons (Fsp3) is 0.438. The molecule has 2 aromatic rings. The molecule has 0 unspecified atom stereocenters. The van der Waals surface area contributed by atoms with E-state index < -0.39 is 0 Å². The van der Waals surface area contributed by atoms with E-state index in [0.717, 1.165) is 25.6 Å². The molecule has 19 heavy (non-hydrogen) atoms. The largest absolute Gasteiger partial charge is 0.313 e. The zero-order chi connectivity index (χ0) is 12.9. The molecule has 1 saturated carbocycles. The van der Waals surface area contributed by atoms with Crippen LogP contribution in [0.25, 0.3) is 0 Å². The van der Waals surface area contributed by atoms with Gasteiger partial charge in [0.15, 0.2) is 0 Å². The van der Waals surface area contributed by atoms with Crippen LogP contribution in [0.15, 0.2) is 42.7 Å². The lowest BCUT2D eigenvalue weighted by molar-refractivity contribution is 0.612. The fourth-order valence-electron chi connectivity index (χ4n) is 2.30. The van der Waals surface area contributed by atoms with Gasteiger partial charge >= 0.3 is 0 Å². The molecule has 1 aromatic heterocycles. The SMILES string of the molecule is c1ccc(Cn2cc(CNCCC3CC3)cn2)cc1. The lowest BCUT2D eigenvalue weighted by Crippen LogP contribution is -2.14. The van der Waals surface area contributed by atoms with Crippen molar-refractivity contribution in [2.24, 2.45) is 5.92 Å². The number of rotatable bonds is 7. The molecule has 0 radical (unpaired) electrons. The van der Waals surface area contributed by atoms with Gasteiger partial charge in [-0.3, -0.25) is 4.68 Å². The summed E-state index contributed by atoms with van der Waals surface area (Å²) >= 11 is 0. The van der Waals surface area contributed by atoms with Crippen LogP contribution in [0.3, 0.4) is 0 Å². The number of benzene rings is 1. The van der Waals surface area contributed by atoms with Gasteiger partial charge in [-0.1, -0.05) is 43.2 Å². The Morgan fingerprint density at radius 2 is 2.00 bits per heavy atom. The van der Waals surface area contributed by atoms with E-state index in [9.17, 15) is 0 Å². The zero-order valence-electron chi connectivity index (χ0n) is 11.3. The normalized spacial score (nSPS) is 14.7. The molecule has 1 heterocycles. The molecule has 1 fully saturated rings. The van der Waals surface area contributed by atoms with Gasteiger partial charge in [0, 0.05) is 18.3 Å². The first-order valence-corrected chi connectivity index (χ1v) is 7.16. The Hall–Kier alpha value is -1.61. The Balaban J connectivity index is 1.45. The van der Waals surface area contributed by atoms with Gasteiger partial charge in [0.25, 0.3) is 0 Å². The van der Waals surface area contributed by atoms with Crippen LogP contribution in [-0.4, -0.2) is 16.3 Å². The van der Waals surface area contributed by atoms with E-state index in [1.54, 1.807) is 0 Å². The van der Waals surface area contributed by atoms with Crippen LogP contribution in [0.4, 0.5) is 0 Å². The molecular formula is C16H21N3. The minimum absolute atomic E-state index is 0.850. The Kier molecular flexibility index (Phi) is 3.94. The second kappa shape index (κ2) is 6.02. The maximum absolute atomic E-state index is 4.41. The maximum atomic E-state index is 4.41. The summed E-state index contributed by atoms with van der Waals surface area (Å²) in [7, 11) is 0.